The largest absolute Gasteiger partial charge is 0.347 e. The first-order valence-electron chi connectivity index (χ1n) is 8.01. The van der Waals surface area contributed by atoms with Gasteiger partial charge in [-0.15, -0.1) is 0 Å². The van der Waals surface area contributed by atoms with Crippen molar-refractivity contribution in [3.05, 3.63) is 66.0 Å². The molecule has 26 heavy (non-hydrogen) atoms. The zero-order chi connectivity index (χ0) is 18.4. The molecule has 4 rings (SSSR count). The predicted octanol–water partition coefficient (Wildman–Crippen LogP) is 5.47. The quantitative estimate of drug-likeness (QED) is 0.302. The number of H-pyrrole nitrogens is 2. The average Bonchev–Trinajstić information content (AvgIpc) is 2.89. The summed E-state index contributed by atoms with van der Waals surface area (Å²) in [6, 6.07) is 10.2. The van der Waals surface area contributed by atoms with E-state index in [9.17, 15) is 4.79 Å². The zero-order valence-corrected chi connectivity index (χ0v) is 18.3. The second-order valence-corrected chi connectivity index (χ2v) is 8.43. The Hall–Kier alpha value is -1.41. The summed E-state index contributed by atoms with van der Waals surface area (Å²) < 4.78 is 2.71. The van der Waals surface area contributed by atoms with Crippen LogP contribution >= 0.6 is 47.8 Å². The molecule has 132 valence electrons. The first kappa shape index (κ1) is 18.0. The summed E-state index contributed by atoms with van der Waals surface area (Å²) in [7, 11) is 0. The third-order valence-corrected chi connectivity index (χ3v) is 7.74. The lowest BCUT2D eigenvalue weighted by molar-refractivity contribution is 0.979. The summed E-state index contributed by atoms with van der Waals surface area (Å²) in [6.45, 7) is 0.563. The lowest BCUT2D eigenvalue weighted by atomic mass is 9.94. The monoisotopic (exact) mass is 537 g/mol. The molecular weight excluding hydrogens is 526 g/mol. The lowest BCUT2D eigenvalue weighted by Gasteiger charge is -2.11. The second kappa shape index (κ2) is 6.96. The summed E-state index contributed by atoms with van der Waals surface area (Å²) in [5.41, 5.74) is 8.79. The number of nitrogens with one attached hydrogen (secondary N) is 2. The number of halogens is 3. The van der Waals surface area contributed by atoms with Gasteiger partial charge in [0.25, 0.3) is 5.56 Å². The van der Waals surface area contributed by atoms with Crippen molar-refractivity contribution in [3.63, 3.8) is 0 Å². The fourth-order valence-corrected chi connectivity index (χ4v) is 4.82. The standard InChI is InChI=1S/C19H14Br3N3O/c20-15-16(21)18(22)25-17(15)11-1-2-12-9(3-5-23)7-10-4-6-24-19(26)14(10)13(12)8-11/h1-2,4,6-8,25H,3,5,23H2,(H,24,26). The molecule has 0 aliphatic carbocycles. The number of aromatic amines is 2. The molecule has 7 heteroatoms. The lowest BCUT2D eigenvalue weighted by Crippen LogP contribution is -2.08. The third kappa shape index (κ3) is 2.87. The molecule has 0 bridgehead atoms. The van der Waals surface area contributed by atoms with E-state index in [0.29, 0.717) is 11.9 Å². The highest BCUT2D eigenvalue weighted by Crippen LogP contribution is 2.40. The van der Waals surface area contributed by atoms with E-state index < -0.39 is 0 Å². The van der Waals surface area contributed by atoms with Gasteiger partial charge in [-0.25, -0.2) is 0 Å². The average molecular weight is 540 g/mol. The van der Waals surface area contributed by atoms with Gasteiger partial charge in [0.05, 0.1) is 24.6 Å². The Morgan fingerprint density at radius 3 is 2.50 bits per heavy atom. The molecule has 0 unspecified atom stereocenters. The SMILES string of the molecule is NCCc1cc2cc[nH]c(=O)c2c2cc(-c3[nH]c(Br)c(Br)c3Br)ccc12. The molecule has 0 aliphatic heterocycles. The fraction of sp³-hybridized carbons (Fsp3) is 0.105. The van der Waals surface area contributed by atoms with Gasteiger partial charge in [-0.2, -0.15) is 0 Å². The molecule has 0 amide bonds. The second-order valence-electron chi connectivity index (χ2n) is 6.05. The van der Waals surface area contributed by atoms with Gasteiger partial charge in [0, 0.05) is 6.20 Å². The minimum absolute atomic E-state index is 0.0862. The minimum Gasteiger partial charge on any atom is -0.347 e. The number of aromatic nitrogens is 2. The van der Waals surface area contributed by atoms with Crippen molar-refractivity contribution in [3.8, 4) is 11.3 Å². The Morgan fingerprint density at radius 2 is 1.81 bits per heavy atom. The van der Waals surface area contributed by atoms with Crippen LogP contribution in [0.3, 0.4) is 0 Å². The Labute approximate surface area is 174 Å². The molecule has 2 aromatic carbocycles. The highest BCUT2D eigenvalue weighted by atomic mass is 79.9. The van der Waals surface area contributed by atoms with Crippen molar-refractivity contribution in [2.75, 3.05) is 6.54 Å². The Kier molecular flexibility index (Phi) is 4.81. The van der Waals surface area contributed by atoms with Gasteiger partial charge in [-0.05, 0) is 100 Å². The number of fused-ring (bicyclic) bond motifs is 3. The molecule has 0 atom stereocenters. The van der Waals surface area contributed by atoms with Crippen molar-refractivity contribution >= 4 is 69.3 Å². The van der Waals surface area contributed by atoms with E-state index in [1.807, 2.05) is 6.07 Å². The van der Waals surface area contributed by atoms with Crippen LogP contribution in [0, 0.1) is 0 Å². The van der Waals surface area contributed by atoms with Crippen molar-refractivity contribution in [2.24, 2.45) is 5.73 Å². The number of hydrogen-bond donors (Lipinski definition) is 3. The van der Waals surface area contributed by atoms with Crippen LogP contribution in [0.25, 0.3) is 32.8 Å². The van der Waals surface area contributed by atoms with Crippen molar-refractivity contribution in [2.45, 2.75) is 6.42 Å². The van der Waals surface area contributed by atoms with Gasteiger partial charge in [-0.3, -0.25) is 4.79 Å². The normalized spacial score (nSPS) is 11.5. The number of benzene rings is 2. The zero-order valence-electron chi connectivity index (χ0n) is 13.5. The molecule has 0 fully saturated rings. The number of pyridine rings is 1. The summed E-state index contributed by atoms with van der Waals surface area (Å²) in [6.07, 6.45) is 2.45. The molecule has 0 saturated carbocycles. The molecule has 2 heterocycles. The molecule has 0 spiro atoms. The van der Waals surface area contributed by atoms with E-state index >= 15 is 0 Å². The van der Waals surface area contributed by atoms with Crippen LogP contribution in [-0.4, -0.2) is 16.5 Å². The van der Waals surface area contributed by atoms with Crippen LogP contribution in [0.2, 0.25) is 0 Å². The van der Waals surface area contributed by atoms with E-state index in [2.05, 4.69) is 82.0 Å². The summed E-state index contributed by atoms with van der Waals surface area (Å²) in [5.74, 6) is 0. The van der Waals surface area contributed by atoms with Gasteiger partial charge in [0.1, 0.15) is 0 Å². The Morgan fingerprint density at radius 1 is 1.00 bits per heavy atom. The third-order valence-electron chi connectivity index (χ3n) is 4.50. The smallest absolute Gasteiger partial charge is 0.256 e. The molecule has 4 N–H and O–H groups in total. The predicted molar refractivity (Wildman–Crippen MR) is 118 cm³/mol. The van der Waals surface area contributed by atoms with E-state index in [1.54, 1.807) is 6.20 Å². The van der Waals surface area contributed by atoms with Crippen LogP contribution in [0.15, 0.2) is 54.9 Å². The molecular formula is C19H14Br3N3O. The topological polar surface area (TPSA) is 74.7 Å². The highest BCUT2D eigenvalue weighted by molar-refractivity contribution is 9.14. The molecule has 0 radical (unpaired) electrons. The van der Waals surface area contributed by atoms with E-state index in [-0.39, 0.29) is 5.56 Å². The maximum absolute atomic E-state index is 12.5. The van der Waals surface area contributed by atoms with E-state index in [4.69, 9.17) is 5.73 Å². The summed E-state index contributed by atoms with van der Waals surface area (Å²) >= 11 is 10.6. The first-order valence-corrected chi connectivity index (χ1v) is 10.4. The molecule has 4 aromatic rings. The highest BCUT2D eigenvalue weighted by Gasteiger charge is 2.15. The Bertz CT molecular complexity index is 1210. The van der Waals surface area contributed by atoms with Crippen LogP contribution in [0.4, 0.5) is 0 Å². The van der Waals surface area contributed by atoms with Crippen LogP contribution < -0.4 is 11.3 Å². The van der Waals surface area contributed by atoms with Gasteiger partial charge >= 0.3 is 0 Å². The van der Waals surface area contributed by atoms with Crippen molar-refractivity contribution in [1.82, 2.24) is 9.97 Å². The first-order chi connectivity index (χ1) is 12.5. The van der Waals surface area contributed by atoms with Gasteiger partial charge in [0.2, 0.25) is 0 Å². The fourth-order valence-electron chi connectivity index (χ4n) is 3.33. The maximum atomic E-state index is 12.5. The minimum atomic E-state index is -0.0862. The van der Waals surface area contributed by atoms with Crippen LogP contribution in [0.5, 0.6) is 0 Å². The van der Waals surface area contributed by atoms with E-state index in [1.165, 1.54) is 0 Å². The van der Waals surface area contributed by atoms with Crippen LogP contribution in [-0.2, 0) is 6.42 Å². The molecule has 0 aliphatic rings. The number of hydrogen-bond acceptors (Lipinski definition) is 2. The summed E-state index contributed by atoms with van der Waals surface area (Å²) in [5, 5.41) is 3.61. The van der Waals surface area contributed by atoms with Crippen molar-refractivity contribution < 1.29 is 0 Å². The van der Waals surface area contributed by atoms with Gasteiger partial charge < -0.3 is 15.7 Å². The molecule has 0 saturated heterocycles. The Balaban J connectivity index is 2.10. The number of nitrogens with two attached hydrogens (primary N) is 1. The van der Waals surface area contributed by atoms with Gasteiger partial charge in [0.15, 0.2) is 0 Å². The van der Waals surface area contributed by atoms with Crippen molar-refractivity contribution in [1.29, 1.82) is 0 Å². The molecule has 2 aromatic heterocycles. The number of rotatable bonds is 3. The van der Waals surface area contributed by atoms with Gasteiger partial charge in [-0.1, -0.05) is 18.2 Å². The summed E-state index contributed by atoms with van der Waals surface area (Å²) in [4.78, 5) is 18.6. The van der Waals surface area contributed by atoms with Crippen LogP contribution in [0.1, 0.15) is 5.56 Å². The molecule has 4 nitrogen and oxygen atoms in total. The van der Waals surface area contributed by atoms with E-state index in [0.717, 1.165) is 52.9 Å². The maximum Gasteiger partial charge on any atom is 0.256 e.